The van der Waals surface area contributed by atoms with Crippen molar-refractivity contribution in [1.82, 2.24) is 24.6 Å². The average Bonchev–Trinajstić information content (AvgIpc) is 3.11. The van der Waals surface area contributed by atoms with Crippen molar-refractivity contribution >= 4 is 5.91 Å². The molecule has 146 valence electrons. The highest BCUT2D eigenvalue weighted by Gasteiger charge is 2.11. The van der Waals surface area contributed by atoms with Crippen LogP contribution >= 0.6 is 0 Å². The van der Waals surface area contributed by atoms with Gasteiger partial charge in [-0.1, -0.05) is 19.4 Å². The van der Waals surface area contributed by atoms with Gasteiger partial charge in [0.15, 0.2) is 0 Å². The van der Waals surface area contributed by atoms with Crippen LogP contribution in [0.15, 0.2) is 47.5 Å². The summed E-state index contributed by atoms with van der Waals surface area (Å²) in [4.78, 5) is 28.2. The van der Waals surface area contributed by atoms with E-state index in [-0.39, 0.29) is 17.8 Å². The number of carbonyl (C=O) groups excluding carboxylic acids is 1. The summed E-state index contributed by atoms with van der Waals surface area (Å²) in [6, 6.07) is 7.50. The fourth-order valence-electron chi connectivity index (χ4n) is 2.80. The Balaban J connectivity index is 1.69. The van der Waals surface area contributed by atoms with E-state index in [1.54, 1.807) is 36.0 Å². The molecule has 0 aliphatic heterocycles. The number of rotatable bonds is 7. The number of hydrogen-bond acceptors (Lipinski definition) is 4. The average molecular weight is 383 g/mol. The van der Waals surface area contributed by atoms with Gasteiger partial charge in [-0.2, -0.15) is 5.10 Å². The molecule has 0 bridgehead atoms. The molecule has 1 aromatic carbocycles. The van der Waals surface area contributed by atoms with E-state index in [0.29, 0.717) is 23.6 Å². The molecule has 8 heteroatoms. The van der Waals surface area contributed by atoms with E-state index >= 15 is 0 Å². The molecule has 0 atom stereocenters. The number of unbranched alkanes of at least 4 members (excludes halogenated alkanes) is 1. The summed E-state index contributed by atoms with van der Waals surface area (Å²) in [6.45, 7) is 4.42. The maximum atomic E-state index is 14.4. The van der Waals surface area contributed by atoms with Gasteiger partial charge < -0.3 is 9.88 Å². The second-order valence-electron chi connectivity index (χ2n) is 6.45. The van der Waals surface area contributed by atoms with Crippen LogP contribution in [0.4, 0.5) is 4.39 Å². The summed E-state index contributed by atoms with van der Waals surface area (Å²) in [5.74, 6) is -0.136. The number of halogens is 1. The normalized spacial score (nSPS) is 10.8. The lowest BCUT2D eigenvalue weighted by Crippen LogP contribution is -2.29. The van der Waals surface area contributed by atoms with Gasteiger partial charge in [-0.3, -0.25) is 9.59 Å². The molecule has 1 amide bonds. The zero-order chi connectivity index (χ0) is 20.1. The first-order valence-electron chi connectivity index (χ1n) is 9.14. The Morgan fingerprint density at radius 2 is 2.07 bits per heavy atom. The first-order valence-corrected chi connectivity index (χ1v) is 9.14. The smallest absolute Gasteiger partial charge is 0.271 e. The highest BCUT2D eigenvalue weighted by Crippen LogP contribution is 2.16. The molecule has 7 nitrogen and oxygen atoms in total. The van der Waals surface area contributed by atoms with E-state index in [1.807, 2.05) is 6.92 Å². The van der Waals surface area contributed by atoms with Crippen molar-refractivity contribution < 1.29 is 9.18 Å². The lowest BCUT2D eigenvalue weighted by atomic mass is 10.2. The fraction of sp³-hybridized carbons (Fsp3) is 0.300. The zero-order valence-electron chi connectivity index (χ0n) is 15.9. The van der Waals surface area contributed by atoms with Gasteiger partial charge in [0.1, 0.15) is 17.3 Å². The third kappa shape index (κ3) is 4.33. The summed E-state index contributed by atoms with van der Waals surface area (Å²) < 4.78 is 17.4. The second-order valence-corrected chi connectivity index (χ2v) is 6.45. The summed E-state index contributed by atoms with van der Waals surface area (Å²) in [7, 11) is 0. The number of nitrogens with zero attached hydrogens (tertiary/aromatic N) is 4. The molecule has 0 unspecified atom stereocenters. The molecule has 28 heavy (non-hydrogen) atoms. The van der Waals surface area contributed by atoms with Crippen LogP contribution < -0.4 is 10.9 Å². The molecule has 0 aliphatic carbocycles. The van der Waals surface area contributed by atoms with Gasteiger partial charge in [0.2, 0.25) is 0 Å². The summed E-state index contributed by atoms with van der Waals surface area (Å²) in [6.07, 6.45) is 5.02. The molecule has 2 heterocycles. The van der Waals surface area contributed by atoms with Crippen LogP contribution in [0.2, 0.25) is 0 Å². The number of amides is 1. The lowest BCUT2D eigenvalue weighted by molar-refractivity contribution is 0.0943. The van der Waals surface area contributed by atoms with Crippen LogP contribution in [-0.4, -0.2) is 25.2 Å². The summed E-state index contributed by atoms with van der Waals surface area (Å²) in [5, 5.41) is 6.81. The molecule has 1 N–H and O–H groups in total. The summed E-state index contributed by atoms with van der Waals surface area (Å²) >= 11 is 0. The molecule has 0 spiro atoms. The van der Waals surface area contributed by atoms with Crippen molar-refractivity contribution in [2.75, 3.05) is 0 Å². The molecule has 2 aromatic heterocycles. The van der Waals surface area contributed by atoms with Crippen LogP contribution in [0.1, 0.15) is 41.6 Å². The van der Waals surface area contributed by atoms with E-state index in [1.165, 1.54) is 22.9 Å². The van der Waals surface area contributed by atoms with Gasteiger partial charge in [0.25, 0.3) is 11.5 Å². The molecule has 3 aromatic rings. The van der Waals surface area contributed by atoms with E-state index in [9.17, 15) is 14.0 Å². The Morgan fingerprint density at radius 1 is 1.25 bits per heavy atom. The number of aromatic nitrogens is 4. The maximum absolute atomic E-state index is 14.4. The van der Waals surface area contributed by atoms with E-state index in [0.717, 1.165) is 12.8 Å². The zero-order valence-corrected chi connectivity index (χ0v) is 15.9. The Kier molecular flexibility index (Phi) is 5.98. The number of hydrogen-bond donors (Lipinski definition) is 1. The predicted molar refractivity (Wildman–Crippen MR) is 103 cm³/mol. The van der Waals surface area contributed by atoms with Gasteiger partial charge in [-0.05, 0) is 37.1 Å². The SMILES string of the molecule is CCCCn1nc(C(=O)NCc2ccc(-n3ccnc3C)c(F)c2)ccc1=O. The molecule has 0 saturated heterocycles. The Morgan fingerprint density at radius 3 is 2.75 bits per heavy atom. The third-order valence-corrected chi connectivity index (χ3v) is 4.37. The molecular formula is C20H22FN5O2. The molecule has 0 aliphatic rings. The molecule has 0 fully saturated rings. The van der Waals surface area contributed by atoms with Gasteiger partial charge in [0, 0.05) is 31.5 Å². The minimum absolute atomic E-state index is 0.148. The number of benzene rings is 1. The van der Waals surface area contributed by atoms with Crippen molar-refractivity contribution in [3.05, 3.63) is 76.0 Å². The summed E-state index contributed by atoms with van der Waals surface area (Å²) in [5.41, 5.74) is 0.931. The van der Waals surface area contributed by atoms with Crippen molar-refractivity contribution in [1.29, 1.82) is 0 Å². The quantitative estimate of drug-likeness (QED) is 0.680. The van der Waals surface area contributed by atoms with Gasteiger partial charge in [-0.15, -0.1) is 0 Å². The minimum atomic E-state index is -0.416. The first kappa shape index (κ1) is 19.5. The first-order chi connectivity index (χ1) is 13.5. The highest BCUT2D eigenvalue weighted by molar-refractivity contribution is 5.91. The molecule has 3 rings (SSSR count). The third-order valence-electron chi connectivity index (χ3n) is 4.37. The van der Waals surface area contributed by atoms with Crippen LogP contribution in [0.5, 0.6) is 0 Å². The topological polar surface area (TPSA) is 81.8 Å². The van der Waals surface area contributed by atoms with E-state index in [4.69, 9.17) is 0 Å². The van der Waals surface area contributed by atoms with Crippen LogP contribution in [0.3, 0.4) is 0 Å². The van der Waals surface area contributed by atoms with Crippen molar-refractivity contribution in [3.63, 3.8) is 0 Å². The van der Waals surface area contributed by atoms with Crippen molar-refractivity contribution in [2.45, 2.75) is 39.8 Å². The van der Waals surface area contributed by atoms with Gasteiger partial charge in [-0.25, -0.2) is 14.1 Å². The second kappa shape index (κ2) is 8.60. The standard InChI is InChI=1S/C20H22FN5O2/c1-3-4-10-26-19(27)8-6-17(24-26)20(28)23-13-15-5-7-18(16(21)12-15)25-11-9-22-14(25)2/h5-9,11-12H,3-4,10,13H2,1-2H3,(H,23,28). The predicted octanol–water partition coefficient (Wildman–Crippen LogP) is 2.61. The minimum Gasteiger partial charge on any atom is -0.347 e. The number of aryl methyl sites for hydroxylation is 2. The van der Waals surface area contributed by atoms with Gasteiger partial charge in [0.05, 0.1) is 5.69 Å². The van der Waals surface area contributed by atoms with E-state index in [2.05, 4.69) is 15.4 Å². The molecule has 0 saturated carbocycles. The Hall–Kier alpha value is -3.29. The largest absolute Gasteiger partial charge is 0.347 e. The monoisotopic (exact) mass is 383 g/mol. The van der Waals surface area contributed by atoms with E-state index < -0.39 is 11.7 Å². The van der Waals surface area contributed by atoms with Crippen LogP contribution in [-0.2, 0) is 13.1 Å². The maximum Gasteiger partial charge on any atom is 0.271 e. The van der Waals surface area contributed by atoms with Crippen molar-refractivity contribution in [3.8, 4) is 5.69 Å². The lowest BCUT2D eigenvalue weighted by Gasteiger charge is -2.10. The van der Waals surface area contributed by atoms with Gasteiger partial charge >= 0.3 is 0 Å². The molecule has 0 radical (unpaired) electrons. The number of carbonyl (C=O) groups is 1. The number of imidazole rings is 1. The van der Waals surface area contributed by atoms with Crippen molar-refractivity contribution in [2.24, 2.45) is 0 Å². The number of nitrogens with one attached hydrogen (secondary N) is 1. The van der Waals surface area contributed by atoms with Crippen LogP contribution in [0.25, 0.3) is 5.69 Å². The fourth-order valence-corrected chi connectivity index (χ4v) is 2.80. The molecular weight excluding hydrogens is 361 g/mol. The highest BCUT2D eigenvalue weighted by atomic mass is 19.1. The Labute approximate surface area is 161 Å². The Bertz CT molecular complexity index is 1040. The van der Waals surface area contributed by atoms with Crippen LogP contribution in [0, 0.1) is 12.7 Å².